The molecule has 18 heavy (non-hydrogen) atoms. The van der Waals surface area contributed by atoms with Gasteiger partial charge in [0.15, 0.2) is 0 Å². The number of methoxy groups -OCH3 is 1. The first kappa shape index (κ1) is 14.6. The Morgan fingerprint density at radius 2 is 2.17 bits per heavy atom. The Bertz CT molecular complexity index is 353. The van der Waals surface area contributed by atoms with Crippen molar-refractivity contribution in [2.24, 2.45) is 0 Å². The maximum absolute atomic E-state index is 10.6. The molecule has 0 radical (unpaired) electrons. The van der Waals surface area contributed by atoms with Gasteiger partial charge in [-0.05, 0) is 12.1 Å². The molecular weight excluding hydrogens is 236 g/mol. The van der Waals surface area contributed by atoms with Crippen LogP contribution in [0.2, 0.25) is 0 Å². The molecule has 100 valence electrons. The van der Waals surface area contributed by atoms with Crippen LogP contribution in [-0.2, 0) is 9.47 Å². The second kappa shape index (κ2) is 8.63. The molecule has 5 heteroatoms. The zero-order chi connectivity index (χ0) is 13.2. The molecule has 5 nitrogen and oxygen atoms in total. The number of hydrogen-bond donors (Lipinski definition) is 1. The summed E-state index contributed by atoms with van der Waals surface area (Å²) in [4.78, 5) is 10.6. The van der Waals surface area contributed by atoms with Gasteiger partial charge in [0, 0.05) is 12.7 Å². The van der Waals surface area contributed by atoms with E-state index in [9.17, 15) is 9.90 Å². The molecule has 1 N–H and O–H groups in total. The van der Waals surface area contributed by atoms with Crippen LogP contribution in [0.25, 0.3) is 0 Å². The molecule has 0 saturated heterocycles. The van der Waals surface area contributed by atoms with E-state index in [4.69, 9.17) is 14.2 Å². The van der Waals surface area contributed by atoms with Crippen LogP contribution in [0.4, 0.5) is 0 Å². The first-order chi connectivity index (χ1) is 8.76. The van der Waals surface area contributed by atoms with Crippen molar-refractivity contribution in [2.45, 2.75) is 6.10 Å². The third-order valence-electron chi connectivity index (χ3n) is 2.18. The summed E-state index contributed by atoms with van der Waals surface area (Å²) in [7, 11) is 1.59. The van der Waals surface area contributed by atoms with Crippen molar-refractivity contribution < 1.29 is 24.1 Å². The van der Waals surface area contributed by atoms with Gasteiger partial charge in [0.05, 0.1) is 19.8 Å². The summed E-state index contributed by atoms with van der Waals surface area (Å²) in [5, 5.41) is 9.58. The van der Waals surface area contributed by atoms with E-state index in [-0.39, 0.29) is 13.2 Å². The van der Waals surface area contributed by atoms with Crippen LogP contribution in [-0.4, -0.2) is 51.0 Å². The lowest BCUT2D eigenvalue weighted by atomic mass is 10.2. The molecule has 0 fully saturated rings. The second-order valence-corrected chi connectivity index (χ2v) is 3.72. The molecule has 0 bridgehead atoms. The lowest BCUT2D eigenvalue weighted by molar-refractivity contribution is -0.00419. The number of hydrogen-bond acceptors (Lipinski definition) is 5. The number of benzene rings is 1. The van der Waals surface area contributed by atoms with Gasteiger partial charge in [0.1, 0.15) is 24.7 Å². The number of rotatable bonds is 9. The van der Waals surface area contributed by atoms with Gasteiger partial charge < -0.3 is 19.3 Å². The predicted octanol–water partition coefficient (Wildman–Crippen LogP) is 0.902. The van der Waals surface area contributed by atoms with Gasteiger partial charge in [-0.25, -0.2) is 0 Å². The van der Waals surface area contributed by atoms with Crippen molar-refractivity contribution in [3.05, 3.63) is 29.8 Å². The molecule has 1 atom stereocenters. The molecule has 1 aromatic carbocycles. The molecule has 0 aliphatic rings. The minimum Gasteiger partial charge on any atom is -0.491 e. The summed E-state index contributed by atoms with van der Waals surface area (Å²) >= 11 is 0. The Hall–Kier alpha value is -1.43. The van der Waals surface area contributed by atoms with Gasteiger partial charge in [0.2, 0.25) is 0 Å². The highest BCUT2D eigenvalue weighted by molar-refractivity contribution is 5.75. The normalized spacial score (nSPS) is 12.1. The molecule has 1 rings (SSSR count). The molecule has 1 aromatic rings. The summed E-state index contributed by atoms with van der Waals surface area (Å²) in [6, 6.07) is 6.75. The molecule has 0 aliphatic heterocycles. The van der Waals surface area contributed by atoms with E-state index in [1.807, 2.05) is 0 Å². The van der Waals surface area contributed by atoms with Crippen molar-refractivity contribution in [2.75, 3.05) is 33.5 Å². The largest absolute Gasteiger partial charge is 0.491 e. The van der Waals surface area contributed by atoms with E-state index in [1.165, 1.54) is 0 Å². The molecule has 0 aromatic heterocycles. The number of aldehydes is 1. The quantitative estimate of drug-likeness (QED) is 0.524. The fourth-order valence-corrected chi connectivity index (χ4v) is 1.28. The monoisotopic (exact) mass is 254 g/mol. The highest BCUT2D eigenvalue weighted by atomic mass is 16.5. The van der Waals surface area contributed by atoms with Crippen molar-refractivity contribution in [3.63, 3.8) is 0 Å². The molecule has 1 unspecified atom stereocenters. The number of aliphatic hydroxyl groups is 1. The third-order valence-corrected chi connectivity index (χ3v) is 2.18. The van der Waals surface area contributed by atoms with Crippen molar-refractivity contribution in [1.29, 1.82) is 0 Å². The zero-order valence-corrected chi connectivity index (χ0v) is 10.4. The van der Waals surface area contributed by atoms with E-state index in [1.54, 1.807) is 31.4 Å². The maximum atomic E-state index is 10.6. The van der Waals surface area contributed by atoms with Gasteiger partial charge in [-0.2, -0.15) is 0 Å². The Balaban J connectivity index is 2.24. The Kier molecular flexibility index (Phi) is 7.01. The first-order valence-corrected chi connectivity index (χ1v) is 5.69. The van der Waals surface area contributed by atoms with E-state index in [0.29, 0.717) is 24.5 Å². The van der Waals surface area contributed by atoms with Crippen LogP contribution in [0.3, 0.4) is 0 Å². The molecule has 0 heterocycles. The van der Waals surface area contributed by atoms with Crippen LogP contribution >= 0.6 is 0 Å². The third kappa shape index (κ3) is 5.77. The van der Waals surface area contributed by atoms with Gasteiger partial charge in [-0.1, -0.05) is 12.1 Å². The van der Waals surface area contributed by atoms with Crippen LogP contribution in [0, 0.1) is 0 Å². The Morgan fingerprint density at radius 1 is 1.33 bits per heavy atom. The Morgan fingerprint density at radius 3 is 2.89 bits per heavy atom. The van der Waals surface area contributed by atoms with E-state index in [0.717, 1.165) is 6.29 Å². The SMILES string of the molecule is COCCOCC(O)COc1cccc(C=O)c1. The van der Waals surface area contributed by atoms with Gasteiger partial charge in [-0.15, -0.1) is 0 Å². The van der Waals surface area contributed by atoms with Crippen LogP contribution in [0.15, 0.2) is 24.3 Å². The van der Waals surface area contributed by atoms with Gasteiger partial charge in [0.25, 0.3) is 0 Å². The minimum absolute atomic E-state index is 0.120. The fraction of sp³-hybridized carbons (Fsp3) is 0.462. The lowest BCUT2D eigenvalue weighted by Gasteiger charge is -2.12. The minimum atomic E-state index is -0.707. The summed E-state index contributed by atoms with van der Waals surface area (Å²) in [6.07, 6.45) is 0.0405. The summed E-state index contributed by atoms with van der Waals surface area (Å²) in [5.74, 6) is 0.551. The summed E-state index contributed by atoms with van der Waals surface area (Å²) in [5.41, 5.74) is 0.540. The topological polar surface area (TPSA) is 65.0 Å². The maximum Gasteiger partial charge on any atom is 0.150 e. The Labute approximate surface area is 106 Å². The number of carbonyl (C=O) groups is 1. The average Bonchev–Trinajstić information content (AvgIpc) is 2.41. The van der Waals surface area contributed by atoms with E-state index in [2.05, 4.69) is 0 Å². The molecule has 0 spiro atoms. The molecular formula is C13H18O5. The highest BCUT2D eigenvalue weighted by Gasteiger charge is 2.05. The second-order valence-electron chi connectivity index (χ2n) is 3.72. The van der Waals surface area contributed by atoms with Crippen molar-refractivity contribution >= 4 is 6.29 Å². The van der Waals surface area contributed by atoms with Crippen LogP contribution in [0.5, 0.6) is 5.75 Å². The summed E-state index contributed by atoms with van der Waals surface area (Å²) < 4.78 is 15.3. The van der Waals surface area contributed by atoms with Crippen molar-refractivity contribution in [1.82, 2.24) is 0 Å². The number of ether oxygens (including phenoxy) is 3. The van der Waals surface area contributed by atoms with Crippen LogP contribution < -0.4 is 4.74 Å². The summed E-state index contributed by atoms with van der Waals surface area (Å²) in [6.45, 7) is 1.25. The van der Waals surface area contributed by atoms with Gasteiger partial charge >= 0.3 is 0 Å². The van der Waals surface area contributed by atoms with Gasteiger partial charge in [-0.3, -0.25) is 4.79 Å². The lowest BCUT2D eigenvalue weighted by Crippen LogP contribution is -2.24. The van der Waals surface area contributed by atoms with E-state index >= 15 is 0 Å². The fourth-order valence-electron chi connectivity index (χ4n) is 1.28. The standard InChI is InChI=1S/C13H18O5/c1-16-5-6-17-9-12(15)10-18-13-4-2-3-11(7-13)8-14/h2-4,7-8,12,15H,5-6,9-10H2,1H3. The number of aliphatic hydroxyl groups excluding tert-OH is 1. The molecule has 0 amide bonds. The first-order valence-electron chi connectivity index (χ1n) is 5.69. The van der Waals surface area contributed by atoms with Crippen LogP contribution in [0.1, 0.15) is 10.4 Å². The predicted molar refractivity (Wildman–Crippen MR) is 66.0 cm³/mol. The van der Waals surface area contributed by atoms with E-state index < -0.39 is 6.10 Å². The zero-order valence-electron chi connectivity index (χ0n) is 10.4. The average molecular weight is 254 g/mol. The molecule has 0 aliphatic carbocycles. The molecule has 0 saturated carbocycles. The number of carbonyl (C=O) groups excluding carboxylic acids is 1. The highest BCUT2D eigenvalue weighted by Crippen LogP contribution is 2.12. The smallest absolute Gasteiger partial charge is 0.150 e. The van der Waals surface area contributed by atoms with Crippen molar-refractivity contribution in [3.8, 4) is 5.75 Å².